The van der Waals surface area contributed by atoms with Crippen LogP contribution in [0.4, 0.5) is 5.69 Å². The Morgan fingerprint density at radius 1 is 1.03 bits per heavy atom. The third-order valence-corrected chi connectivity index (χ3v) is 7.06. The Bertz CT molecular complexity index is 1060. The Morgan fingerprint density at radius 3 is 2.21 bits per heavy atom. The topological polar surface area (TPSA) is 96.5 Å². The van der Waals surface area contributed by atoms with Crippen LogP contribution in [0.2, 0.25) is 0 Å². The van der Waals surface area contributed by atoms with Gasteiger partial charge in [0.2, 0.25) is 10.0 Å². The summed E-state index contributed by atoms with van der Waals surface area (Å²) >= 11 is 5.35. The minimum Gasteiger partial charge on any atom is -0.468 e. The smallest absolute Gasteiger partial charge is 0.323 e. The molecule has 0 radical (unpaired) electrons. The lowest BCUT2D eigenvalue weighted by molar-refractivity contribution is -0.142. The van der Waals surface area contributed by atoms with Crippen molar-refractivity contribution in [3.05, 3.63) is 59.7 Å². The van der Waals surface area contributed by atoms with E-state index in [1.54, 1.807) is 12.1 Å². The van der Waals surface area contributed by atoms with Gasteiger partial charge in [-0.25, -0.2) is 8.42 Å². The molecule has 7 nitrogen and oxygen atoms in total. The number of hydrogen-bond donors (Lipinski definition) is 3. The molecule has 34 heavy (non-hydrogen) atoms. The fraction of sp³-hybridized carbons (Fsp3) is 0.440. The molecule has 2 aromatic carbocycles. The third kappa shape index (κ3) is 8.70. The molecule has 0 heterocycles. The van der Waals surface area contributed by atoms with Crippen molar-refractivity contribution in [1.82, 2.24) is 10.0 Å². The van der Waals surface area contributed by atoms with E-state index in [9.17, 15) is 13.2 Å². The van der Waals surface area contributed by atoms with Gasteiger partial charge >= 0.3 is 5.97 Å². The van der Waals surface area contributed by atoms with Gasteiger partial charge in [0.1, 0.15) is 6.04 Å². The Kier molecular flexibility index (Phi) is 10.0. The molecule has 2 aromatic rings. The molecule has 9 heteroatoms. The minimum atomic E-state index is -3.83. The number of anilines is 1. The van der Waals surface area contributed by atoms with Gasteiger partial charge in [0.05, 0.1) is 12.0 Å². The lowest BCUT2D eigenvalue weighted by Gasteiger charge is -2.19. The number of sulfonamides is 1. The van der Waals surface area contributed by atoms with E-state index in [0.717, 1.165) is 11.3 Å². The lowest BCUT2D eigenvalue weighted by atomic mass is 9.87. The molecule has 0 aliphatic carbocycles. The van der Waals surface area contributed by atoms with Gasteiger partial charge in [-0.05, 0) is 73.6 Å². The first-order chi connectivity index (χ1) is 15.9. The molecule has 0 aliphatic rings. The summed E-state index contributed by atoms with van der Waals surface area (Å²) in [4.78, 5) is 12.3. The number of unbranched alkanes of at least 4 members (excludes halogenated alkanes) is 1. The van der Waals surface area contributed by atoms with Crippen LogP contribution in [0.15, 0.2) is 53.4 Å². The molecule has 3 N–H and O–H groups in total. The predicted molar refractivity (Wildman–Crippen MR) is 141 cm³/mol. The minimum absolute atomic E-state index is 0.0909. The van der Waals surface area contributed by atoms with Crippen molar-refractivity contribution in [2.24, 2.45) is 0 Å². The fourth-order valence-electron chi connectivity index (χ4n) is 3.24. The highest BCUT2D eigenvalue weighted by Gasteiger charge is 2.26. The molecule has 0 fully saturated rings. The maximum absolute atomic E-state index is 12.6. The number of benzene rings is 2. The fourth-order valence-corrected chi connectivity index (χ4v) is 4.68. The molecular weight excluding hydrogens is 470 g/mol. The van der Waals surface area contributed by atoms with Gasteiger partial charge in [-0.2, -0.15) is 4.72 Å². The second kappa shape index (κ2) is 12.3. The van der Waals surface area contributed by atoms with E-state index in [1.807, 2.05) is 19.1 Å². The summed E-state index contributed by atoms with van der Waals surface area (Å²) in [6, 6.07) is 13.6. The van der Waals surface area contributed by atoms with Gasteiger partial charge in [0.15, 0.2) is 5.11 Å². The standard InChI is InChI=1S/C25H35N3O4S2/c1-18-9-15-21(16-10-18)34(30,31)28-22(23(29)32-5)8-6-7-17-26-24(33)27-20-13-11-19(12-14-20)25(2,3)4/h9-16,22,28H,6-8,17H2,1-5H3,(H2,26,27,33). The van der Waals surface area contributed by atoms with Crippen molar-refractivity contribution >= 4 is 39.0 Å². The number of methoxy groups -OCH3 is 1. The Morgan fingerprint density at radius 2 is 1.65 bits per heavy atom. The molecule has 2 rings (SSSR count). The summed E-state index contributed by atoms with van der Waals surface area (Å²) in [5.74, 6) is -0.612. The average molecular weight is 506 g/mol. The summed E-state index contributed by atoms with van der Waals surface area (Å²) in [5, 5.41) is 6.80. The van der Waals surface area contributed by atoms with Gasteiger partial charge in [0.25, 0.3) is 0 Å². The van der Waals surface area contributed by atoms with Gasteiger partial charge in [-0.3, -0.25) is 4.79 Å². The van der Waals surface area contributed by atoms with Crippen LogP contribution in [-0.4, -0.2) is 39.2 Å². The monoisotopic (exact) mass is 505 g/mol. The van der Waals surface area contributed by atoms with Crippen LogP contribution >= 0.6 is 12.2 Å². The van der Waals surface area contributed by atoms with Crippen LogP contribution in [0.3, 0.4) is 0 Å². The number of rotatable bonds is 10. The maximum atomic E-state index is 12.6. The number of esters is 1. The highest BCUT2D eigenvalue weighted by atomic mass is 32.2. The van der Waals surface area contributed by atoms with Crippen molar-refractivity contribution < 1.29 is 17.9 Å². The predicted octanol–water partition coefficient (Wildman–Crippen LogP) is 4.27. The first kappa shape index (κ1) is 27.8. The molecule has 0 aromatic heterocycles. The Hall–Kier alpha value is -2.49. The van der Waals surface area contributed by atoms with Crippen LogP contribution in [0.5, 0.6) is 0 Å². The van der Waals surface area contributed by atoms with E-state index >= 15 is 0 Å². The first-order valence-electron chi connectivity index (χ1n) is 11.2. The summed E-state index contributed by atoms with van der Waals surface area (Å²) < 4.78 is 32.5. The molecule has 0 saturated heterocycles. The van der Waals surface area contributed by atoms with Crippen molar-refractivity contribution in [2.75, 3.05) is 19.0 Å². The summed E-state index contributed by atoms with van der Waals surface area (Å²) in [5.41, 5.74) is 3.19. The molecule has 0 amide bonds. The zero-order valence-corrected chi connectivity index (χ0v) is 22.1. The largest absolute Gasteiger partial charge is 0.468 e. The number of carbonyl (C=O) groups is 1. The maximum Gasteiger partial charge on any atom is 0.323 e. The van der Waals surface area contributed by atoms with Gasteiger partial charge in [-0.1, -0.05) is 50.6 Å². The quantitative estimate of drug-likeness (QED) is 0.252. The molecule has 1 atom stereocenters. The van der Waals surface area contributed by atoms with Crippen molar-refractivity contribution in [1.29, 1.82) is 0 Å². The molecular formula is C25H35N3O4S2. The molecule has 0 aliphatic heterocycles. The SMILES string of the molecule is COC(=O)C(CCCCNC(=S)Nc1ccc(C(C)(C)C)cc1)NS(=O)(=O)c1ccc(C)cc1. The van der Waals surface area contributed by atoms with Crippen molar-refractivity contribution in [3.8, 4) is 0 Å². The number of hydrogen-bond acceptors (Lipinski definition) is 5. The second-order valence-corrected chi connectivity index (χ2v) is 11.3. The summed E-state index contributed by atoms with van der Waals surface area (Å²) in [6.45, 7) is 8.96. The number of aryl methyl sites for hydroxylation is 1. The van der Waals surface area contributed by atoms with E-state index in [1.165, 1.54) is 24.8 Å². The number of thiocarbonyl (C=S) groups is 1. The van der Waals surface area contributed by atoms with Crippen LogP contribution in [0, 0.1) is 6.92 Å². The first-order valence-corrected chi connectivity index (χ1v) is 13.1. The zero-order chi connectivity index (χ0) is 25.4. The van der Waals surface area contributed by atoms with Gasteiger partial charge in [-0.15, -0.1) is 0 Å². The summed E-state index contributed by atoms with van der Waals surface area (Å²) in [6.07, 6.45) is 1.62. The zero-order valence-electron chi connectivity index (χ0n) is 20.5. The number of carbonyl (C=O) groups excluding carboxylic acids is 1. The van der Waals surface area contributed by atoms with Crippen LogP contribution in [-0.2, 0) is 25.0 Å². The van der Waals surface area contributed by atoms with E-state index in [4.69, 9.17) is 17.0 Å². The highest BCUT2D eigenvalue weighted by Crippen LogP contribution is 2.23. The average Bonchev–Trinajstić information content (AvgIpc) is 2.77. The second-order valence-electron chi connectivity index (χ2n) is 9.21. The van der Waals surface area contributed by atoms with Gasteiger partial charge in [0, 0.05) is 12.2 Å². The summed E-state index contributed by atoms with van der Waals surface area (Å²) in [7, 11) is -2.59. The van der Waals surface area contributed by atoms with E-state index in [0.29, 0.717) is 30.9 Å². The third-order valence-electron chi connectivity index (χ3n) is 5.33. The normalized spacial score (nSPS) is 12.6. The molecule has 0 saturated carbocycles. The molecule has 0 spiro atoms. The molecule has 1 unspecified atom stereocenters. The highest BCUT2D eigenvalue weighted by molar-refractivity contribution is 7.89. The molecule has 0 bridgehead atoms. The van der Waals surface area contributed by atoms with Crippen LogP contribution in [0.1, 0.15) is 51.2 Å². The van der Waals surface area contributed by atoms with Crippen molar-refractivity contribution in [3.63, 3.8) is 0 Å². The lowest BCUT2D eigenvalue weighted by Crippen LogP contribution is -2.41. The number of nitrogens with one attached hydrogen (secondary N) is 3. The number of ether oxygens (including phenoxy) is 1. The van der Waals surface area contributed by atoms with Gasteiger partial charge < -0.3 is 15.4 Å². The van der Waals surface area contributed by atoms with E-state index in [-0.39, 0.29) is 10.3 Å². The Labute approximate surface area is 208 Å². The van der Waals surface area contributed by atoms with E-state index in [2.05, 4.69) is 48.3 Å². The van der Waals surface area contributed by atoms with Crippen molar-refractivity contribution in [2.45, 2.75) is 63.3 Å². The van der Waals surface area contributed by atoms with Crippen LogP contribution < -0.4 is 15.4 Å². The van der Waals surface area contributed by atoms with Crippen LogP contribution in [0.25, 0.3) is 0 Å². The molecule has 186 valence electrons. The van der Waals surface area contributed by atoms with E-state index < -0.39 is 22.0 Å². The Balaban J connectivity index is 1.80.